The third-order valence-corrected chi connectivity index (χ3v) is 3.92. The Morgan fingerprint density at radius 2 is 2.18 bits per heavy atom. The summed E-state index contributed by atoms with van der Waals surface area (Å²) in [5.74, 6) is 1.62. The molecule has 0 amide bonds. The van der Waals surface area contributed by atoms with Gasteiger partial charge in [0.1, 0.15) is 5.82 Å². The molecule has 3 nitrogen and oxygen atoms in total. The van der Waals surface area contributed by atoms with Gasteiger partial charge in [0, 0.05) is 25.5 Å². The number of aryl methyl sites for hydroxylation is 1. The van der Waals surface area contributed by atoms with Gasteiger partial charge in [0.15, 0.2) is 0 Å². The lowest BCUT2D eigenvalue weighted by Crippen LogP contribution is -2.31. The van der Waals surface area contributed by atoms with Crippen molar-refractivity contribution >= 4 is 21.7 Å². The Hall–Kier alpha value is -0.610. The number of rotatable bonds is 3. The fourth-order valence-corrected chi connectivity index (χ4v) is 2.77. The minimum absolute atomic E-state index is 0.436. The lowest BCUT2D eigenvalue weighted by Gasteiger charge is -2.29. The third-order valence-electron chi connectivity index (χ3n) is 3.32. The van der Waals surface area contributed by atoms with E-state index in [9.17, 15) is 0 Å². The zero-order valence-corrected chi connectivity index (χ0v) is 12.0. The molecule has 2 heterocycles. The van der Waals surface area contributed by atoms with Crippen LogP contribution in [0.2, 0.25) is 0 Å². The first-order valence-corrected chi connectivity index (χ1v) is 6.92. The van der Waals surface area contributed by atoms with E-state index in [0.717, 1.165) is 36.3 Å². The normalized spacial score (nSPS) is 19.0. The standard InChI is InChI=1S/C13H19BrN2O/c1-9-7-12(14)13(15-8-9)16-10(2)11-3-5-17-6-4-11/h7-8,10-11H,3-6H2,1-2H3,(H,15,16). The Morgan fingerprint density at radius 1 is 1.47 bits per heavy atom. The zero-order chi connectivity index (χ0) is 12.3. The molecule has 1 aliphatic heterocycles. The third kappa shape index (κ3) is 3.42. The van der Waals surface area contributed by atoms with E-state index in [1.54, 1.807) is 0 Å². The number of hydrogen-bond donors (Lipinski definition) is 1. The number of halogens is 1. The molecule has 4 heteroatoms. The van der Waals surface area contributed by atoms with Gasteiger partial charge in [0.25, 0.3) is 0 Å². The molecular formula is C13H19BrN2O. The highest BCUT2D eigenvalue weighted by molar-refractivity contribution is 9.10. The molecule has 17 heavy (non-hydrogen) atoms. The SMILES string of the molecule is Cc1cnc(NC(C)C2CCOCC2)c(Br)c1. The van der Waals surface area contributed by atoms with E-state index in [-0.39, 0.29) is 0 Å². The number of nitrogens with zero attached hydrogens (tertiary/aromatic N) is 1. The minimum Gasteiger partial charge on any atom is -0.381 e. The van der Waals surface area contributed by atoms with Crippen LogP contribution in [0.1, 0.15) is 25.3 Å². The molecule has 0 spiro atoms. The summed E-state index contributed by atoms with van der Waals surface area (Å²) in [5, 5.41) is 3.49. The van der Waals surface area contributed by atoms with Crippen molar-refractivity contribution in [3.8, 4) is 0 Å². The monoisotopic (exact) mass is 298 g/mol. The fraction of sp³-hybridized carbons (Fsp3) is 0.615. The van der Waals surface area contributed by atoms with Gasteiger partial charge in [-0.3, -0.25) is 0 Å². The van der Waals surface area contributed by atoms with E-state index in [1.165, 1.54) is 5.56 Å². The summed E-state index contributed by atoms with van der Waals surface area (Å²) in [6, 6.07) is 2.52. The molecular weight excluding hydrogens is 280 g/mol. The minimum atomic E-state index is 0.436. The number of ether oxygens (including phenoxy) is 1. The number of anilines is 1. The largest absolute Gasteiger partial charge is 0.381 e. The van der Waals surface area contributed by atoms with Crippen LogP contribution in [0.3, 0.4) is 0 Å². The molecule has 94 valence electrons. The van der Waals surface area contributed by atoms with Crippen LogP contribution in [0.4, 0.5) is 5.82 Å². The summed E-state index contributed by atoms with van der Waals surface area (Å²) in [5.41, 5.74) is 1.17. The highest BCUT2D eigenvalue weighted by atomic mass is 79.9. The maximum atomic E-state index is 5.39. The van der Waals surface area contributed by atoms with Crippen molar-refractivity contribution in [1.29, 1.82) is 0 Å². The van der Waals surface area contributed by atoms with Gasteiger partial charge >= 0.3 is 0 Å². The summed E-state index contributed by atoms with van der Waals surface area (Å²) in [7, 11) is 0. The topological polar surface area (TPSA) is 34.2 Å². The summed E-state index contributed by atoms with van der Waals surface area (Å²) in [6.45, 7) is 6.05. The maximum absolute atomic E-state index is 5.39. The van der Waals surface area contributed by atoms with Crippen molar-refractivity contribution in [1.82, 2.24) is 4.98 Å². The molecule has 1 unspecified atom stereocenters. The summed E-state index contributed by atoms with van der Waals surface area (Å²) >= 11 is 3.55. The lowest BCUT2D eigenvalue weighted by molar-refractivity contribution is 0.0622. The first-order valence-electron chi connectivity index (χ1n) is 6.13. The van der Waals surface area contributed by atoms with Crippen LogP contribution < -0.4 is 5.32 Å². The average Bonchev–Trinajstić information content (AvgIpc) is 2.34. The van der Waals surface area contributed by atoms with Crippen LogP contribution in [0.15, 0.2) is 16.7 Å². The van der Waals surface area contributed by atoms with Crippen LogP contribution in [0.5, 0.6) is 0 Å². The maximum Gasteiger partial charge on any atom is 0.140 e. The second-order valence-corrected chi connectivity index (χ2v) is 5.58. The second-order valence-electron chi connectivity index (χ2n) is 4.73. The molecule has 1 N–H and O–H groups in total. The van der Waals surface area contributed by atoms with Crippen molar-refractivity contribution < 1.29 is 4.74 Å². The fourth-order valence-electron chi connectivity index (χ4n) is 2.19. The first-order chi connectivity index (χ1) is 8.16. The van der Waals surface area contributed by atoms with E-state index in [2.05, 4.69) is 39.2 Å². The van der Waals surface area contributed by atoms with Crippen molar-refractivity contribution in [2.24, 2.45) is 5.92 Å². The summed E-state index contributed by atoms with van der Waals surface area (Å²) in [4.78, 5) is 4.42. The molecule has 1 aromatic rings. The predicted octanol–water partition coefficient (Wildman–Crippen LogP) is 3.38. The van der Waals surface area contributed by atoms with E-state index >= 15 is 0 Å². The Balaban J connectivity index is 1.99. The lowest BCUT2D eigenvalue weighted by atomic mass is 9.93. The molecule has 0 aliphatic carbocycles. The van der Waals surface area contributed by atoms with Crippen molar-refractivity contribution in [2.45, 2.75) is 32.7 Å². The molecule has 2 rings (SSSR count). The summed E-state index contributed by atoms with van der Waals surface area (Å²) in [6.07, 6.45) is 4.17. The Bertz CT molecular complexity index is 378. The Morgan fingerprint density at radius 3 is 2.82 bits per heavy atom. The van der Waals surface area contributed by atoms with Gasteiger partial charge in [-0.15, -0.1) is 0 Å². The highest BCUT2D eigenvalue weighted by Crippen LogP contribution is 2.25. The number of pyridine rings is 1. The highest BCUT2D eigenvalue weighted by Gasteiger charge is 2.21. The van der Waals surface area contributed by atoms with Crippen molar-refractivity contribution in [3.05, 3.63) is 22.3 Å². The van der Waals surface area contributed by atoms with Crippen LogP contribution in [-0.4, -0.2) is 24.2 Å². The van der Waals surface area contributed by atoms with E-state index < -0.39 is 0 Å². The predicted molar refractivity (Wildman–Crippen MR) is 73.3 cm³/mol. The van der Waals surface area contributed by atoms with Crippen molar-refractivity contribution in [2.75, 3.05) is 18.5 Å². The summed E-state index contributed by atoms with van der Waals surface area (Å²) < 4.78 is 6.43. The molecule has 0 radical (unpaired) electrons. The molecule has 1 fully saturated rings. The van der Waals surface area contributed by atoms with Gasteiger partial charge in [0.2, 0.25) is 0 Å². The van der Waals surface area contributed by atoms with E-state index in [0.29, 0.717) is 12.0 Å². The van der Waals surface area contributed by atoms with Gasteiger partial charge in [-0.25, -0.2) is 4.98 Å². The zero-order valence-electron chi connectivity index (χ0n) is 10.4. The molecule has 1 aromatic heterocycles. The van der Waals surface area contributed by atoms with Crippen LogP contribution in [0, 0.1) is 12.8 Å². The van der Waals surface area contributed by atoms with Gasteiger partial charge in [-0.05, 0) is 60.2 Å². The van der Waals surface area contributed by atoms with E-state index in [4.69, 9.17) is 4.74 Å². The van der Waals surface area contributed by atoms with E-state index in [1.807, 2.05) is 13.1 Å². The van der Waals surface area contributed by atoms with Crippen LogP contribution in [-0.2, 0) is 4.74 Å². The quantitative estimate of drug-likeness (QED) is 0.929. The molecule has 1 saturated heterocycles. The van der Waals surface area contributed by atoms with Gasteiger partial charge in [0.05, 0.1) is 4.47 Å². The molecule has 0 saturated carbocycles. The van der Waals surface area contributed by atoms with Gasteiger partial charge in [-0.2, -0.15) is 0 Å². The Kier molecular flexibility index (Phi) is 4.40. The van der Waals surface area contributed by atoms with Crippen molar-refractivity contribution in [3.63, 3.8) is 0 Å². The number of aromatic nitrogens is 1. The molecule has 0 aromatic carbocycles. The number of hydrogen-bond acceptors (Lipinski definition) is 3. The van der Waals surface area contributed by atoms with Gasteiger partial charge in [-0.1, -0.05) is 0 Å². The molecule has 1 aliphatic rings. The first kappa shape index (κ1) is 12.8. The molecule has 0 bridgehead atoms. The second kappa shape index (κ2) is 5.83. The Labute approximate surface area is 111 Å². The molecule has 1 atom stereocenters. The van der Waals surface area contributed by atoms with Gasteiger partial charge < -0.3 is 10.1 Å². The smallest absolute Gasteiger partial charge is 0.140 e. The van der Waals surface area contributed by atoms with Crippen LogP contribution >= 0.6 is 15.9 Å². The number of nitrogens with one attached hydrogen (secondary N) is 1. The average molecular weight is 299 g/mol. The van der Waals surface area contributed by atoms with Crippen LogP contribution in [0.25, 0.3) is 0 Å².